The molecule has 0 unspecified atom stereocenters. The molecule has 3 aromatic rings. The van der Waals surface area contributed by atoms with Gasteiger partial charge < -0.3 is 10.1 Å². The predicted octanol–water partition coefficient (Wildman–Crippen LogP) is 4.72. The van der Waals surface area contributed by atoms with E-state index in [2.05, 4.69) is 5.32 Å². The third-order valence-corrected chi connectivity index (χ3v) is 10.2. The number of halogens is 3. The Morgan fingerprint density at radius 3 is 2.22 bits per heavy atom. The summed E-state index contributed by atoms with van der Waals surface area (Å²) in [5, 5.41) is 2.47. The summed E-state index contributed by atoms with van der Waals surface area (Å²) in [5.41, 5.74) is -1.52. The Morgan fingerprint density at radius 2 is 1.59 bits per heavy atom. The maximum absolute atomic E-state index is 13.5. The standard InChI is InChI=1S/C27H28F3N3O6S2/c1-39-25-14-13-23(40(35,36)32-15-6-3-7-16-32)18-24(25)31-26(34)19-33(41(37,38)22-11-4-2-5-12-22)21-10-8-9-20(17-21)27(28,29)30/h2,4-5,8-14,17-18H,3,6-7,15-16,19H2,1H3,(H,31,34). The van der Waals surface area contributed by atoms with Crippen molar-refractivity contribution in [3.8, 4) is 5.75 Å². The summed E-state index contributed by atoms with van der Waals surface area (Å²) < 4.78 is 101. The predicted molar refractivity (Wildman–Crippen MR) is 147 cm³/mol. The van der Waals surface area contributed by atoms with Crippen LogP contribution in [0.1, 0.15) is 24.8 Å². The normalized spacial score (nSPS) is 14.8. The molecular weight excluding hydrogens is 583 g/mol. The van der Waals surface area contributed by atoms with Crippen LogP contribution in [0, 0.1) is 0 Å². The van der Waals surface area contributed by atoms with Crippen LogP contribution in [-0.2, 0) is 31.0 Å². The van der Waals surface area contributed by atoms with Crippen LogP contribution in [0.2, 0.25) is 0 Å². The smallest absolute Gasteiger partial charge is 0.416 e. The Hall–Kier alpha value is -3.62. The van der Waals surface area contributed by atoms with E-state index in [1.54, 1.807) is 6.07 Å². The number of amides is 1. The summed E-state index contributed by atoms with van der Waals surface area (Å²) in [4.78, 5) is 12.9. The zero-order valence-electron chi connectivity index (χ0n) is 22.0. The highest BCUT2D eigenvalue weighted by Gasteiger charge is 2.33. The minimum atomic E-state index is -4.76. The Balaban J connectivity index is 1.68. The van der Waals surface area contributed by atoms with Crippen molar-refractivity contribution in [2.24, 2.45) is 0 Å². The number of hydrogen-bond acceptors (Lipinski definition) is 6. The number of nitrogens with zero attached hydrogens (tertiary/aromatic N) is 2. The molecular formula is C27H28F3N3O6S2. The number of sulfonamides is 2. The lowest BCUT2D eigenvalue weighted by Gasteiger charge is -2.26. The second kappa shape index (κ2) is 12.1. The van der Waals surface area contributed by atoms with Gasteiger partial charge in [-0.15, -0.1) is 0 Å². The van der Waals surface area contributed by atoms with Crippen molar-refractivity contribution in [1.82, 2.24) is 4.31 Å². The number of piperidine rings is 1. The van der Waals surface area contributed by atoms with E-state index in [-0.39, 0.29) is 26.9 Å². The van der Waals surface area contributed by atoms with Gasteiger partial charge in [0.15, 0.2) is 0 Å². The van der Waals surface area contributed by atoms with E-state index in [1.165, 1.54) is 53.9 Å². The van der Waals surface area contributed by atoms with Gasteiger partial charge in [-0.2, -0.15) is 17.5 Å². The number of methoxy groups -OCH3 is 1. The second-order valence-electron chi connectivity index (χ2n) is 9.25. The Bertz CT molecular complexity index is 1610. The molecule has 0 atom stereocenters. The quantitative estimate of drug-likeness (QED) is 0.375. The average molecular weight is 612 g/mol. The van der Waals surface area contributed by atoms with Gasteiger partial charge in [-0.05, 0) is 61.4 Å². The molecule has 0 radical (unpaired) electrons. The van der Waals surface area contributed by atoms with Gasteiger partial charge in [0.1, 0.15) is 12.3 Å². The molecule has 0 aromatic heterocycles. The van der Waals surface area contributed by atoms with E-state index < -0.39 is 44.2 Å². The fourth-order valence-electron chi connectivity index (χ4n) is 4.39. The highest BCUT2D eigenvalue weighted by Crippen LogP contribution is 2.34. The fraction of sp³-hybridized carbons (Fsp3) is 0.296. The topological polar surface area (TPSA) is 113 Å². The second-order valence-corrected chi connectivity index (χ2v) is 13.0. The van der Waals surface area contributed by atoms with Crippen LogP contribution in [0.3, 0.4) is 0 Å². The third kappa shape index (κ3) is 6.82. The number of nitrogens with one attached hydrogen (secondary N) is 1. The van der Waals surface area contributed by atoms with Crippen LogP contribution >= 0.6 is 0 Å². The molecule has 1 amide bonds. The summed E-state index contributed by atoms with van der Waals surface area (Å²) in [6.07, 6.45) is -2.39. The average Bonchev–Trinajstić information content (AvgIpc) is 2.96. The molecule has 1 heterocycles. The summed E-state index contributed by atoms with van der Waals surface area (Å²) in [6.45, 7) is -0.191. The molecule has 1 aliphatic heterocycles. The molecule has 220 valence electrons. The van der Waals surface area contributed by atoms with E-state index in [0.717, 1.165) is 37.5 Å². The molecule has 4 rings (SSSR count). The molecule has 1 aliphatic rings. The lowest BCUT2D eigenvalue weighted by molar-refractivity contribution is -0.137. The third-order valence-electron chi connectivity index (χ3n) is 6.48. The molecule has 9 nitrogen and oxygen atoms in total. The van der Waals surface area contributed by atoms with Gasteiger partial charge in [-0.25, -0.2) is 16.8 Å². The Morgan fingerprint density at radius 1 is 0.902 bits per heavy atom. The number of hydrogen-bond donors (Lipinski definition) is 1. The first-order valence-corrected chi connectivity index (χ1v) is 15.4. The minimum absolute atomic E-state index is 0.0447. The Labute approximate surface area is 236 Å². The first-order valence-electron chi connectivity index (χ1n) is 12.6. The van der Waals surface area contributed by atoms with Gasteiger partial charge in [0.2, 0.25) is 15.9 Å². The van der Waals surface area contributed by atoms with Crippen molar-refractivity contribution in [3.63, 3.8) is 0 Å². The molecule has 0 saturated carbocycles. The molecule has 0 spiro atoms. The summed E-state index contributed by atoms with van der Waals surface area (Å²) in [6, 6.07) is 14.5. The van der Waals surface area contributed by atoms with Crippen LogP contribution in [-0.4, -0.2) is 53.8 Å². The van der Waals surface area contributed by atoms with Crippen LogP contribution in [0.5, 0.6) is 5.75 Å². The first kappa shape index (κ1) is 30.3. The SMILES string of the molecule is COc1ccc(S(=O)(=O)N2CCCCC2)cc1NC(=O)CN(c1cccc(C(F)(F)F)c1)S(=O)(=O)c1ccccc1. The van der Waals surface area contributed by atoms with Crippen LogP contribution < -0.4 is 14.4 Å². The fourth-order valence-corrected chi connectivity index (χ4v) is 7.37. The van der Waals surface area contributed by atoms with Crippen molar-refractivity contribution < 1.29 is 39.5 Å². The molecule has 0 bridgehead atoms. The highest BCUT2D eigenvalue weighted by atomic mass is 32.2. The van der Waals surface area contributed by atoms with Gasteiger partial charge in [-0.1, -0.05) is 30.7 Å². The van der Waals surface area contributed by atoms with E-state index in [4.69, 9.17) is 4.74 Å². The maximum atomic E-state index is 13.5. The van der Waals surface area contributed by atoms with Crippen molar-refractivity contribution >= 4 is 37.3 Å². The highest BCUT2D eigenvalue weighted by molar-refractivity contribution is 7.92. The largest absolute Gasteiger partial charge is 0.495 e. The molecule has 1 N–H and O–H groups in total. The van der Waals surface area contributed by atoms with Crippen LogP contribution in [0.15, 0.2) is 82.6 Å². The van der Waals surface area contributed by atoms with Gasteiger partial charge in [-0.3, -0.25) is 9.10 Å². The van der Waals surface area contributed by atoms with Crippen molar-refractivity contribution in [1.29, 1.82) is 0 Å². The maximum Gasteiger partial charge on any atom is 0.416 e. The molecule has 14 heteroatoms. The minimum Gasteiger partial charge on any atom is -0.495 e. The number of ether oxygens (including phenoxy) is 1. The molecule has 0 aliphatic carbocycles. The van der Waals surface area contributed by atoms with Crippen molar-refractivity contribution in [2.75, 3.05) is 36.4 Å². The number of alkyl halides is 3. The van der Waals surface area contributed by atoms with E-state index in [9.17, 15) is 34.8 Å². The van der Waals surface area contributed by atoms with Crippen LogP contribution in [0.25, 0.3) is 0 Å². The molecule has 41 heavy (non-hydrogen) atoms. The van der Waals surface area contributed by atoms with Gasteiger partial charge in [0, 0.05) is 13.1 Å². The molecule has 1 fully saturated rings. The summed E-state index contributed by atoms with van der Waals surface area (Å²) >= 11 is 0. The van der Waals surface area contributed by atoms with Crippen LogP contribution in [0.4, 0.5) is 24.5 Å². The lowest BCUT2D eigenvalue weighted by atomic mass is 10.2. The summed E-state index contributed by atoms with van der Waals surface area (Å²) in [7, 11) is -7.07. The van der Waals surface area contributed by atoms with E-state index >= 15 is 0 Å². The van der Waals surface area contributed by atoms with Gasteiger partial charge in [0.25, 0.3) is 10.0 Å². The lowest BCUT2D eigenvalue weighted by Crippen LogP contribution is -2.38. The number of carbonyl (C=O) groups is 1. The first-order chi connectivity index (χ1) is 19.3. The van der Waals surface area contributed by atoms with E-state index in [0.29, 0.717) is 23.5 Å². The van der Waals surface area contributed by atoms with Gasteiger partial charge in [0.05, 0.1) is 33.8 Å². The van der Waals surface area contributed by atoms with Crippen molar-refractivity contribution in [2.45, 2.75) is 35.2 Å². The zero-order chi connectivity index (χ0) is 29.8. The monoisotopic (exact) mass is 611 g/mol. The van der Waals surface area contributed by atoms with Crippen molar-refractivity contribution in [3.05, 3.63) is 78.4 Å². The number of carbonyl (C=O) groups excluding carboxylic acids is 1. The zero-order valence-corrected chi connectivity index (χ0v) is 23.6. The molecule has 1 saturated heterocycles. The summed E-state index contributed by atoms with van der Waals surface area (Å²) in [5.74, 6) is -0.833. The number of benzene rings is 3. The Kier molecular flexibility index (Phi) is 8.94. The number of anilines is 2. The van der Waals surface area contributed by atoms with E-state index in [1.807, 2.05) is 0 Å². The number of rotatable bonds is 9. The van der Waals surface area contributed by atoms with Gasteiger partial charge >= 0.3 is 6.18 Å². The molecule has 3 aromatic carbocycles.